The molecule has 3 amide bonds. The highest BCUT2D eigenvalue weighted by atomic mass is 16.5. The zero-order valence-corrected chi connectivity index (χ0v) is 40.0. The maximum Gasteiger partial charge on any atom is 0.323 e. The van der Waals surface area contributed by atoms with Gasteiger partial charge in [-0.1, -0.05) is 64.5 Å². The third-order valence-corrected chi connectivity index (χ3v) is 13.2. The number of fused-ring (bicyclic) bond motifs is 1. The number of unbranched alkanes of at least 4 members (excludes halogenated alkanes) is 3. The molecule has 3 aromatic carbocycles. The van der Waals surface area contributed by atoms with E-state index in [0.717, 1.165) is 35.3 Å². The van der Waals surface area contributed by atoms with Crippen molar-refractivity contribution in [1.29, 1.82) is 0 Å². The molecule has 0 aromatic heterocycles. The van der Waals surface area contributed by atoms with E-state index in [0.29, 0.717) is 80.9 Å². The molecule has 0 bridgehead atoms. The number of benzene rings is 3. The maximum absolute atomic E-state index is 13.9. The number of amides is 3. The molecule has 3 atom stereocenters. The van der Waals surface area contributed by atoms with Gasteiger partial charge in [0.25, 0.3) is 11.8 Å². The number of hydrogen-bond donors (Lipinski definition) is 1. The van der Waals surface area contributed by atoms with Gasteiger partial charge in [0.05, 0.1) is 31.9 Å². The second kappa shape index (κ2) is 23.6. The Morgan fingerprint density at radius 1 is 0.824 bits per heavy atom. The fourth-order valence-electron chi connectivity index (χ4n) is 8.68. The minimum Gasteiger partial charge on any atom is -0.493 e. The van der Waals surface area contributed by atoms with Crippen LogP contribution in [0.1, 0.15) is 136 Å². The molecule has 6 rings (SSSR count). The standard InChI is InChI=1S/C53H65N3O12/c1-7-53(3,4)47(59)31-55-28-14-20-42(55)52(63)68-43(26-23-35-24-27-44(64-5)46(29-35)65-6)36-15-12-18-39(30-36)66-32-37(57)16-10-8-9-11-17-38(58)33-67-45-21-13-19-40-48(45)51(62)56(50(40)61)41-25-22-34(2)54-49(41)60/h12-13,15,18-19,21,24,27,29-30,41-43H,2,7-11,14,16-17,20,22-23,25-26,28,31-33H2,1,3-6H3,(H,54,60)/t41?,42-,43+/m0/s1. The molecule has 68 heavy (non-hydrogen) atoms. The van der Waals surface area contributed by atoms with Crippen molar-refractivity contribution in [3.8, 4) is 23.0 Å². The fourth-order valence-corrected chi connectivity index (χ4v) is 8.68. The van der Waals surface area contributed by atoms with Gasteiger partial charge < -0.3 is 29.0 Å². The quantitative estimate of drug-likeness (QED) is 0.0470. The van der Waals surface area contributed by atoms with Gasteiger partial charge in [0.15, 0.2) is 28.8 Å². The Morgan fingerprint density at radius 3 is 2.22 bits per heavy atom. The van der Waals surface area contributed by atoms with Gasteiger partial charge in [0.2, 0.25) is 5.91 Å². The van der Waals surface area contributed by atoms with Crippen LogP contribution in [-0.4, -0.2) is 103 Å². The van der Waals surface area contributed by atoms with Crippen LogP contribution in [0.5, 0.6) is 23.0 Å². The van der Waals surface area contributed by atoms with Crippen molar-refractivity contribution in [1.82, 2.24) is 15.1 Å². The van der Waals surface area contributed by atoms with Crippen LogP contribution >= 0.6 is 0 Å². The van der Waals surface area contributed by atoms with Gasteiger partial charge in [-0.05, 0) is 112 Å². The predicted octanol–water partition coefficient (Wildman–Crippen LogP) is 7.72. The number of allylic oxidation sites excluding steroid dienone is 1. The van der Waals surface area contributed by atoms with E-state index in [1.165, 1.54) is 12.1 Å². The van der Waals surface area contributed by atoms with E-state index in [-0.39, 0.29) is 72.8 Å². The molecule has 15 heteroatoms. The molecular weight excluding hydrogens is 871 g/mol. The summed E-state index contributed by atoms with van der Waals surface area (Å²) in [6, 6.07) is 16.1. The van der Waals surface area contributed by atoms with Gasteiger partial charge in [0.1, 0.15) is 42.9 Å². The molecule has 2 saturated heterocycles. The van der Waals surface area contributed by atoms with Gasteiger partial charge in [-0.3, -0.25) is 43.4 Å². The van der Waals surface area contributed by atoms with Crippen LogP contribution < -0.4 is 24.3 Å². The Morgan fingerprint density at radius 2 is 1.53 bits per heavy atom. The third kappa shape index (κ3) is 12.8. The molecule has 0 radical (unpaired) electrons. The van der Waals surface area contributed by atoms with Crippen molar-refractivity contribution >= 4 is 41.0 Å². The number of nitrogens with one attached hydrogen (secondary N) is 1. The number of nitrogens with zero attached hydrogens (tertiary/aromatic N) is 2. The monoisotopic (exact) mass is 935 g/mol. The summed E-state index contributed by atoms with van der Waals surface area (Å²) in [5.41, 5.74) is 1.91. The summed E-state index contributed by atoms with van der Waals surface area (Å²) >= 11 is 0. The van der Waals surface area contributed by atoms with Crippen molar-refractivity contribution in [3.05, 3.63) is 95.2 Å². The summed E-state index contributed by atoms with van der Waals surface area (Å²) in [6.07, 6.45) is 6.40. The van der Waals surface area contributed by atoms with Gasteiger partial charge in [-0.15, -0.1) is 0 Å². The SMILES string of the molecule is C=C1CCC(N2C(=O)c3cccc(OCC(=O)CCCCCCC(=O)COc4cccc([C@@H](CCc5ccc(OC)c(OC)c5)OC(=O)[C@@H]5CCCN5CC(=O)C(C)(C)CC)c4)c3C2=O)C(=O)N1. The van der Waals surface area contributed by atoms with E-state index in [9.17, 15) is 33.6 Å². The van der Waals surface area contributed by atoms with Crippen LogP contribution in [-0.2, 0) is 35.1 Å². The summed E-state index contributed by atoms with van der Waals surface area (Å²) in [7, 11) is 3.16. The first-order valence-electron chi connectivity index (χ1n) is 23.7. The van der Waals surface area contributed by atoms with E-state index in [4.69, 9.17) is 23.7 Å². The fraction of sp³-hybridized carbons (Fsp3) is 0.491. The van der Waals surface area contributed by atoms with Crippen LogP contribution in [0.2, 0.25) is 0 Å². The predicted molar refractivity (Wildman–Crippen MR) is 253 cm³/mol. The van der Waals surface area contributed by atoms with Crippen molar-refractivity contribution in [2.24, 2.45) is 5.41 Å². The minimum atomic E-state index is -0.952. The molecule has 3 aromatic rings. The number of imide groups is 1. The van der Waals surface area contributed by atoms with Crippen molar-refractivity contribution in [2.75, 3.05) is 40.5 Å². The molecule has 1 N–H and O–H groups in total. The lowest BCUT2D eigenvalue weighted by Crippen LogP contribution is -2.51. The molecule has 0 spiro atoms. The van der Waals surface area contributed by atoms with E-state index >= 15 is 0 Å². The number of carbonyl (C=O) groups is 7. The van der Waals surface area contributed by atoms with Gasteiger partial charge in [-0.25, -0.2) is 0 Å². The molecule has 3 heterocycles. The minimum absolute atomic E-state index is 0.0463. The number of Topliss-reactive ketones (excluding diaryl/α,β-unsaturated/α-hetero) is 3. The highest BCUT2D eigenvalue weighted by Crippen LogP contribution is 2.35. The summed E-state index contributed by atoms with van der Waals surface area (Å²) in [5.74, 6) is -0.402. The first-order chi connectivity index (χ1) is 32.6. The number of hydrogen-bond acceptors (Lipinski definition) is 13. The second-order valence-corrected chi connectivity index (χ2v) is 18.4. The molecule has 364 valence electrons. The lowest BCUT2D eigenvalue weighted by molar-refractivity contribution is -0.155. The van der Waals surface area contributed by atoms with E-state index < -0.39 is 41.3 Å². The number of rotatable bonds is 26. The third-order valence-electron chi connectivity index (χ3n) is 13.2. The Bertz CT molecular complexity index is 2370. The first-order valence-corrected chi connectivity index (χ1v) is 23.7. The number of likely N-dealkylation sites (tertiary alicyclic amines) is 1. The van der Waals surface area contributed by atoms with Gasteiger partial charge >= 0.3 is 5.97 Å². The summed E-state index contributed by atoms with van der Waals surface area (Å²) in [4.78, 5) is 94.7. The lowest BCUT2D eigenvalue weighted by Gasteiger charge is -2.29. The smallest absolute Gasteiger partial charge is 0.323 e. The first kappa shape index (κ1) is 51.0. The molecule has 15 nitrogen and oxygen atoms in total. The summed E-state index contributed by atoms with van der Waals surface area (Å²) < 4.78 is 28.9. The van der Waals surface area contributed by atoms with Crippen molar-refractivity contribution in [3.63, 3.8) is 0 Å². The zero-order valence-electron chi connectivity index (χ0n) is 40.0. The largest absolute Gasteiger partial charge is 0.493 e. The average molecular weight is 936 g/mol. The summed E-state index contributed by atoms with van der Waals surface area (Å²) in [6.45, 7) is 10.0. The van der Waals surface area contributed by atoms with Crippen LogP contribution in [0.3, 0.4) is 0 Å². The number of piperidine rings is 1. The number of aryl methyl sites for hydroxylation is 1. The highest BCUT2D eigenvalue weighted by Gasteiger charge is 2.45. The highest BCUT2D eigenvalue weighted by molar-refractivity contribution is 6.24. The maximum atomic E-state index is 13.9. The van der Waals surface area contributed by atoms with Gasteiger partial charge in [0, 0.05) is 24.0 Å². The van der Waals surface area contributed by atoms with Crippen LogP contribution in [0.4, 0.5) is 0 Å². The lowest BCUT2D eigenvalue weighted by atomic mass is 9.85. The molecule has 3 aliphatic heterocycles. The molecule has 0 saturated carbocycles. The molecule has 1 unspecified atom stereocenters. The van der Waals surface area contributed by atoms with E-state index in [1.54, 1.807) is 32.4 Å². The summed E-state index contributed by atoms with van der Waals surface area (Å²) in [5, 5.41) is 2.61. The Hall–Kier alpha value is -6.35. The molecular formula is C53H65N3O12. The molecule has 2 fully saturated rings. The van der Waals surface area contributed by atoms with Gasteiger partial charge in [-0.2, -0.15) is 0 Å². The normalized spacial score (nSPS) is 17.6. The van der Waals surface area contributed by atoms with E-state index in [1.807, 2.05) is 56.0 Å². The number of esters is 1. The number of ketones is 3. The van der Waals surface area contributed by atoms with Crippen molar-refractivity contribution in [2.45, 2.75) is 122 Å². The van der Waals surface area contributed by atoms with Crippen LogP contribution in [0.15, 0.2) is 72.9 Å². The Labute approximate surface area is 398 Å². The molecule has 0 aliphatic carbocycles. The van der Waals surface area contributed by atoms with Crippen molar-refractivity contribution < 1.29 is 57.2 Å². The topological polar surface area (TPSA) is 184 Å². The average Bonchev–Trinajstić information content (AvgIpc) is 3.90. The Balaban J connectivity index is 0.959. The number of ether oxygens (including phenoxy) is 5. The second-order valence-electron chi connectivity index (χ2n) is 18.4. The van der Waals surface area contributed by atoms with Crippen LogP contribution in [0.25, 0.3) is 0 Å². The Kier molecular flexibility index (Phi) is 17.7. The molecule has 3 aliphatic rings. The number of methoxy groups -OCH3 is 2. The van der Waals surface area contributed by atoms with E-state index in [2.05, 4.69) is 11.9 Å². The number of carbonyl (C=O) groups excluding carboxylic acids is 7. The zero-order chi connectivity index (χ0) is 49.0. The van der Waals surface area contributed by atoms with Crippen LogP contribution in [0, 0.1) is 5.41 Å².